The van der Waals surface area contributed by atoms with Gasteiger partial charge < -0.3 is 25.5 Å². The maximum atomic E-state index is 11.7. The van der Waals surface area contributed by atoms with Crippen LogP contribution in [0.4, 0.5) is 0 Å². The van der Waals surface area contributed by atoms with E-state index in [2.05, 4.69) is 0 Å². The summed E-state index contributed by atoms with van der Waals surface area (Å²) in [6.07, 6.45) is -0.540. The molecule has 0 radical (unpaired) electrons. The Hall–Kier alpha value is -2.91. The lowest BCUT2D eigenvalue weighted by Gasteiger charge is -2.50. The Morgan fingerprint density at radius 3 is 1.52 bits per heavy atom. The van der Waals surface area contributed by atoms with Crippen molar-refractivity contribution in [3.63, 3.8) is 0 Å². The first kappa shape index (κ1) is 18.1. The zero-order chi connectivity index (χ0) is 18.4. The quantitative estimate of drug-likeness (QED) is 0.420. The molecule has 5 N–H and O–H groups in total. The van der Waals surface area contributed by atoms with Gasteiger partial charge in [0.25, 0.3) is 0 Å². The van der Waals surface area contributed by atoms with E-state index < -0.39 is 58.1 Å². The first-order valence-electron chi connectivity index (χ1n) is 6.17. The van der Waals surface area contributed by atoms with Gasteiger partial charge in [-0.3, -0.25) is 19.2 Å². The van der Waals surface area contributed by atoms with E-state index in [0.29, 0.717) is 13.0 Å². The molecule has 0 aromatic rings. The molecular formula is C13H14O10. The van der Waals surface area contributed by atoms with Gasteiger partial charge in [0.15, 0.2) is 0 Å². The predicted molar refractivity (Wildman–Crippen MR) is 69.5 cm³/mol. The van der Waals surface area contributed by atoms with Gasteiger partial charge in [0, 0.05) is 5.57 Å². The van der Waals surface area contributed by atoms with Crippen LogP contribution in [0, 0.1) is 16.2 Å². The Bertz CT molecular complexity index is 646. The van der Waals surface area contributed by atoms with Gasteiger partial charge in [0.2, 0.25) is 5.41 Å². The van der Waals surface area contributed by atoms with Crippen LogP contribution in [0.5, 0.6) is 0 Å². The molecule has 0 aromatic heterocycles. The second-order valence-corrected chi connectivity index (χ2v) is 5.64. The molecule has 1 aliphatic carbocycles. The third-order valence-electron chi connectivity index (χ3n) is 4.68. The summed E-state index contributed by atoms with van der Waals surface area (Å²) in [5.41, 5.74) is -9.39. The number of aliphatic carboxylic acids is 5. The van der Waals surface area contributed by atoms with Gasteiger partial charge >= 0.3 is 29.8 Å². The second kappa shape index (κ2) is 5.07. The fourth-order valence-electron chi connectivity index (χ4n) is 2.92. The van der Waals surface area contributed by atoms with E-state index in [1.54, 1.807) is 0 Å². The molecule has 0 bridgehead atoms. The standard InChI is InChI=1S/C13H14O10/c1-11(7(16)17)3-5(6(14)15)4-13(9(20)21,10(22)23)12(11,2)8(18)19/h4H,3H2,1-2H3,(H,14,15)(H,16,17)(H,18,19)(H,20,21)(H,22,23). The Balaban J connectivity index is 4.07. The summed E-state index contributed by atoms with van der Waals surface area (Å²) in [7, 11) is 0. The largest absolute Gasteiger partial charge is 0.481 e. The van der Waals surface area contributed by atoms with Crippen molar-refractivity contribution in [1.82, 2.24) is 0 Å². The summed E-state index contributed by atoms with van der Waals surface area (Å²) in [4.78, 5) is 57.8. The Labute approximate surface area is 128 Å². The van der Waals surface area contributed by atoms with E-state index in [9.17, 15) is 44.4 Å². The molecule has 0 aliphatic heterocycles. The van der Waals surface area contributed by atoms with Crippen LogP contribution >= 0.6 is 0 Å². The van der Waals surface area contributed by atoms with Gasteiger partial charge in [-0.2, -0.15) is 0 Å². The fourth-order valence-corrected chi connectivity index (χ4v) is 2.92. The lowest BCUT2D eigenvalue weighted by atomic mass is 9.47. The highest BCUT2D eigenvalue weighted by Crippen LogP contribution is 2.59. The zero-order valence-electron chi connectivity index (χ0n) is 12.1. The maximum Gasteiger partial charge on any atom is 0.331 e. The van der Waals surface area contributed by atoms with Crippen LogP contribution < -0.4 is 0 Å². The van der Waals surface area contributed by atoms with E-state index in [-0.39, 0.29) is 0 Å². The van der Waals surface area contributed by atoms with E-state index in [1.165, 1.54) is 0 Å². The summed E-state index contributed by atoms with van der Waals surface area (Å²) >= 11 is 0. The minimum absolute atomic E-state index is 0.304. The van der Waals surface area contributed by atoms with Crippen LogP contribution in [0.3, 0.4) is 0 Å². The van der Waals surface area contributed by atoms with Crippen LogP contribution in [0.25, 0.3) is 0 Å². The number of hydrogen-bond acceptors (Lipinski definition) is 5. The lowest BCUT2D eigenvalue weighted by Crippen LogP contribution is -2.66. The van der Waals surface area contributed by atoms with Crippen LogP contribution in [0.1, 0.15) is 20.3 Å². The number of hydrogen-bond donors (Lipinski definition) is 5. The highest BCUT2D eigenvalue weighted by Gasteiger charge is 2.74. The van der Waals surface area contributed by atoms with Crippen LogP contribution in [0.2, 0.25) is 0 Å². The molecule has 126 valence electrons. The number of carboxylic acid groups (broad SMARTS) is 5. The third-order valence-corrected chi connectivity index (χ3v) is 4.68. The van der Waals surface area contributed by atoms with E-state index in [4.69, 9.17) is 5.11 Å². The Morgan fingerprint density at radius 1 is 0.826 bits per heavy atom. The highest BCUT2D eigenvalue weighted by atomic mass is 16.4. The normalized spacial score (nSPS) is 29.2. The van der Waals surface area contributed by atoms with Gasteiger partial charge in [-0.25, -0.2) is 4.79 Å². The van der Waals surface area contributed by atoms with Crippen molar-refractivity contribution < 1.29 is 49.5 Å². The molecule has 0 saturated carbocycles. The summed E-state index contributed by atoms with van der Waals surface area (Å²) in [5, 5.41) is 46.7. The van der Waals surface area contributed by atoms with Crippen LogP contribution in [-0.4, -0.2) is 55.4 Å². The average Bonchev–Trinajstić information content (AvgIpc) is 2.39. The van der Waals surface area contributed by atoms with E-state index in [1.807, 2.05) is 0 Å². The molecule has 0 heterocycles. The van der Waals surface area contributed by atoms with Crippen LogP contribution in [0.15, 0.2) is 11.6 Å². The van der Waals surface area contributed by atoms with Crippen molar-refractivity contribution in [2.45, 2.75) is 20.3 Å². The predicted octanol–water partition coefficient (Wildman–Crippen LogP) is -0.261. The number of rotatable bonds is 5. The first-order chi connectivity index (χ1) is 10.3. The van der Waals surface area contributed by atoms with Gasteiger partial charge in [-0.1, -0.05) is 0 Å². The monoisotopic (exact) mass is 330 g/mol. The molecule has 1 rings (SSSR count). The average molecular weight is 330 g/mol. The van der Waals surface area contributed by atoms with Crippen molar-refractivity contribution in [3.8, 4) is 0 Å². The zero-order valence-corrected chi connectivity index (χ0v) is 12.1. The molecule has 2 unspecified atom stereocenters. The minimum Gasteiger partial charge on any atom is -0.481 e. The highest BCUT2D eigenvalue weighted by molar-refractivity contribution is 6.10. The minimum atomic E-state index is -3.27. The van der Waals surface area contributed by atoms with Gasteiger partial charge in [0.1, 0.15) is 5.41 Å². The molecule has 0 fully saturated rings. The smallest absolute Gasteiger partial charge is 0.331 e. The van der Waals surface area contributed by atoms with Crippen molar-refractivity contribution in [3.05, 3.63) is 11.6 Å². The molecule has 10 nitrogen and oxygen atoms in total. The lowest BCUT2D eigenvalue weighted by molar-refractivity contribution is -0.198. The van der Waals surface area contributed by atoms with Crippen molar-refractivity contribution in [2.24, 2.45) is 16.2 Å². The van der Waals surface area contributed by atoms with Gasteiger partial charge in [0.05, 0.1) is 5.41 Å². The van der Waals surface area contributed by atoms with E-state index >= 15 is 0 Å². The molecule has 0 amide bonds. The number of carbonyl (C=O) groups is 5. The number of carboxylic acids is 5. The molecule has 0 saturated heterocycles. The summed E-state index contributed by atoms with van der Waals surface area (Å²) in [6, 6.07) is 0. The third kappa shape index (κ3) is 1.98. The molecule has 1 aliphatic rings. The molecule has 0 spiro atoms. The molecule has 0 aromatic carbocycles. The van der Waals surface area contributed by atoms with Gasteiger partial charge in [-0.15, -0.1) is 0 Å². The second-order valence-electron chi connectivity index (χ2n) is 5.64. The van der Waals surface area contributed by atoms with Crippen LogP contribution in [-0.2, 0) is 24.0 Å². The molecular weight excluding hydrogens is 316 g/mol. The Morgan fingerprint density at radius 2 is 1.26 bits per heavy atom. The fraction of sp³-hybridized carbons (Fsp3) is 0.462. The first-order valence-corrected chi connectivity index (χ1v) is 6.17. The topological polar surface area (TPSA) is 186 Å². The van der Waals surface area contributed by atoms with E-state index in [0.717, 1.165) is 6.92 Å². The SMILES string of the molecule is CC1(C(=O)O)CC(C(=O)O)=CC(C(=O)O)(C(=O)O)C1(C)C(=O)O. The summed E-state index contributed by atoms with van der Waals surface area (Å²) in [5.74, 6) is -9.85. The molecule has 23 heavy (non-hydrogen) atoms. The molecule has 2 atom stereocenters. The summed E-state index contributed by atoms with van der Waals surface area (Å²) < 4.78 is 0. The Kier molecular flexibility index (Phi) is 4.00. The van der Waals surface area contributed by atoms with Crippen molar-refractivity contribution in [1.29, 1.82) is 0 Å². The van der Waals surface area contributed by atoms with Gasteiger partial charge in [-0.05, 0) is 26.3 Å². The molecule has 10 heteroatoms. The maximum absolute atomic E-state index is 11.7. The van der Waals surface area contributed by atoms with Crippen molar-refractivity contribution >= 4 is 29.8 Å². The summed E-state index contributed by atoms with van der Waals surface area (Å²) in [6.45, 7) is 1.50. The van der Waals surface area contributed by atoms with Crippen molar-refractivity contribution in [2.75, 3.05) is 0 Å².